The van der Waals surface area contributed by atoms with E-state index in [1.165, 1.54) is 25.0 Å². The van der Waals surface area contributed by atoms with E-state index in [0.717, 1.165) is 51.4 Å². The SMILES string of the molecule is CCn1nc([C@@H](C(=O)Nc2ccc([C@H](C)COC(N)=O)cc2F)C(C2CCCCC2)C2CCCCC2)cc1C(N)=O. The number of aromatic nitrogens is 2. The molecule has 4 rings (SSSR count). The van der Waals surface area contributed by atoms with Gasteiger partial charge < -0.3 is 21.5 Å². The standard InChI is InChI=1S/C31H44FN5O4/c1-3-37-26(29(33)38)17-25(36-37)28(27(20-10-6-4-7-11-20)21-12-8-5-9-13-21)30(39)35-24-15-14-22(16-23(24)32)19(2)18-41-31(34)40/h14-17,19-21,27-28H,3-13,18H2,1-2H3,(H2,33,38)(H2,34,40)(H,35,39)/t19-,28-/m1/s1. The van der Waals surface area contributed by atoms with Gasteiger partial charge in [0.2, 0.25) is 5.91 Å². The molecule has 2 fully saturated rings. The number of hydrogen-bond acceptors (Lipinski definition) is 5. The third-order valence-electron chi connectivity index (χ3n) is 9.02. The number of primary amides is 2. The molecule has 9 nitrogen and oxygen atoms in total. The van der Waals surface area contributed by atoms with Crippen LogP contribution in [0.15, 0.2) is 24.3 Å². The van der Waals surface area contributed by atoms with Crippen molar-refractivity contribution in [2.45, 2.75) is 96.4 Å². The molecule has 1 heterocycles. The van der Waals surface area contributed by atoms with Gasteiger partial charge in [0.1, 0.15) is 11.5 Å². The molecule has 2 aliphatic rings. The van der Waals surface area contributed by atoms with Crippen LogP contribution in [-0.2, 0) is 16.1 Å². The molecule has 224 valence electrons. The lowest BCUT2D eigenvalue weighted by Gasteiger charge is -2.41. The first-order chi connectivity index (χ1) is 19.7. The molecule has 2 aliphatic carbocycles. The van der Waals surface area contributed by atoms with Crippen LogP contribution in [0, 0.1) is 23.6 Å². The average Bonchev–Trinajstić information content (AvgIpc) is 3.41. The smallest absolute Gasteiger partial charge is 0.404 e. The highest BCUT2D eigenvalue weighted by Crippen LogP contribution is 2.47. The Hall–Kier alpha value is -3.43. The highest BCUT2D eigenvalue weighted by Gasteiger charge is 2.42. The fourth-order valence-electron chi connectivity index (χ4n) is 6.95. The Kier molecular flexibility index (Phi) is 10.4. The number of benzene rings is 1. The molecule has 0 aliphatic heterocycles. The van der Waals surface area contributed by atoms with Crippen LogP contribution in [0.5, 0.6) is 0 Å². The molecule has 10 heteroatoms. The van der Waals surface area contributed by atoms with Crippen LogP contribution in [0.2, 0.25) is 0 Å². The molecule has 2 aromatic rings. The molecule has 0 bridgehead atoms. The number of amides is 3. The number of carbonyl (C=O) groups excluding carboxylic acids is 3. The minimum atomic E-state index is -0.886. The first kappa shape index (κ1) is 30.5. The summed E-state index contributed by atoms with van der Waals surface area (Å²) >= 11 is 0. The number of rotatable bonds is 11. The topological polar surface area (TPSA) is 142 Å². The van der Waals surface area contributed by atoms with E-state index in [1.54, 1.807) is 23.7 Å². The number of anilines is 1. The quantitative estimate of drug-likeness (QED) is 0.312. The Morgan fingerprint density at radius 2 is 1.63 bits per heavy atom. The normalized spacial score (nSPS) is 18.1. The van der Waals surface area contributed by atoms with Gasteiger partial charge in [0, 0.05) is 12.5 Å². The van der Waals surface area contributed by atoms with Gasteiger partial charge in [-0.1, -0.05) is 77.2 Å². The van der Waals surface area contributed by atoms with Crippen molar-refractivity contribution in [2.24, 2.45) is 29.2 Å². The number of ether oxygens (including phenoxy) is 1. The van der Waals surface area contributed by atoms with Crippen LogP contribution in [-0.4, -0.2) is 34.3 Å². The Balaban J connectivity index is 1.69. The van der Waals surface area contributed by atoms with Crippen LogP contribution in [0.1, 0.15) is 112 Å². The Labute approximate surface area is 241 Å². The summed E-state index contributed by atoms with van der Waals surface area (Å²) in [6, 6.07) is 6.25. The van der Waals surface area contributed by atoms with Crippen LogP contribution < -0.4 is 16.8 Å². The molecule has 5 N–H and O–H groups in total. The number of nitrogens with two attached hydrogens (primary N) is 2. The average molecular weight is 570 g/mol. The molecule has 3 amide bonds. The van der Waals surface area contributed by atoms with Crippen molar-refractivity contribution in [2.75, 3.05) is 11.9 Å². The van der Waals surface area contributed by atoms with E-state index in [2.05, 4.69) is 5.32 Å². The van der Waals surface area contributed by atoms with Crippen molar-refractivity contribution >= 4 is 23.6 Å². The van der Waals surface area contributed by atoms with Crippen molar-refractivity contribution in [1.82, 2.24) is 9.78 Å². The van der Waals surface area contributed by atoms with Crippen molar-refractivity contribution in [1.29, 1.82) is 0 Å². The van der Waals surface area contributed by atoms with E-state index in [4.69, 9.17) is 21.3 Å². The first-order valence-corrected chi connectivity index (χ1v) is 15.1. The molecule has 0 saturated heterocycles. The zero-order valence-electron chi connectivity index (χ0n) is 24.2. The number of nitrogens with one attached hydrogen (secondary N) is 1. The summed E-state index contributed by atoms with van der Waals surface area (Å²) in [6.45, 7) is 4.14. The lowest BCUT2D eigenvalue weighted by atomic mass is 9.64. The molecular formula is C31H44FN5O4. The van der Waals surface area contributed by atoms with Crippen molar-refractivity contribution in [3.63, 3.8) is 0 Å². The van der Waals surface area contributed by atoms with Crippen LogP contribution in [0.4, 0.5) is 14.9 Å². The second kappa shape index (κ2) is 14.0. The number of aryl methyl sites for hydroxylation is 1. The molecule has 2 saturated carbocycles. The summed E-state index contributed by atoms with van der Waals surface area (Å²) < 4.78 is 21.8. The van der Waals surface area contributed by atoms with Gasteiger partial charge in [0.15, 0.2) is 0 Å². The lowest BCUT2D eigenvalue weighted by molar-refractivity contribution is -0.120. The van der Waals surface area contributed by atoms with E-state index >= 15 is 4.39 Å². The third-order valence-corrected chi connectivity index (χ3v) is 9.02. The molecular weight excluding hydrogens is 525 g/mol. The fraction of sp³-hybridized carbons (Fsp3) is 0.613. The lowest BCUT2D eigenvalue weighted by Crippen LogP contribution is -2.38. The Morgan fingerprint density at radius 3 is 2.12 bits per heavy atom. The largest absolute Gasteiger partial charge is 0.449 e. The molecule has 0 unspecified atom stereocenters. The molecule has 0 spiro atoms. The molecule has 41 heavy (non-hydrogen) atoms. The van der Waals surface area contributed by atoms with Crippen LogP contribution in [0.3, 0.4) is 0 Å². The number of hydrogen-bond donors (Lipinski definition) is 3. The first-order valence-electron chi connectivity index (χ1n) is 15.1. The highest BCUT2D eigenvalue weighted by atomic mass is 19.1. The second-order valence-corrected chi connectivity index (χ2v) is 11.7. The van der Waals surface area contributed by atoms with Gasteiger partial charge in [-0.25, -0.2) is 9.18 Å². The van der Waals surface area contributed by atoms with Crippen LogP contribution in [0.25, 0.3) is 0 Å². The van der Waals surface area contributed by atoms with E-state index in [0.29, 0.717) is 29.6 Å². The predicted octanol–water partition coefficient (Wildman–Crippen LogP) is 5.84. The van der Waals surface area contributed by atoms with Gasteiger partial charge in [-0.3, -0.25) is 14.3 Å². The van der Waals surface area contributed by atoms with E-state index in [9.17, 15) is 14.4 Å². The molecule has 2 atom stereocenters. The summed E-state index contributed by atoms with van der Waals surface area (Å²) in [6.07, 6.45) is 10.2. The number of carbonyl (C=O) groups is 3. The van der Waals surface area contributed by atoms with Crippen molar-refractivity contribution in [3.05, 3.63) is 47.0 Å². The van der Waals surface area contributed by atoms with Gasteiger partial charge >= 0.3 is 6.09 Å². The van der Waals surface area contributed by atoms with E-state index in [-0.39, 0.29) is 35.7 Å². The zero-order valence-corrected chi connectivity index (χ0v) is 24.2. The van der Waals surface area contributed by atoms with Crippen LogP contribution >= 0.6 is 0 Å². The summed E-state index contributed by atoms with van der Waals surface area (Å²) in [5.41, 5.74) is 12.2. The number of nitrogens with zero attached hydrogens (tertiary/aromatic N) is 2. The maximum Gasteiger partial charge on any atom is 0.404 e. The monoisotopic (exact) mass is 569 g/mol. The minimum absolute atomic E-state index is 0.0231. The molecule has 1 aromatic carbocycles. The molecule has 0 radical (unpaired) electrons. The zero-order chi connectivity index (χ0) is 29.5. The number of halogens is 1. The fourth-order valence-corrected chi connectivity index (χ4v) is 6.95. The maximum atomic E-state index is 15.3. The highest BCUT2D eigenvalue weighted by molar-refractivity contribution is 5.97. The van der Waals surface area contributed by atoms with Gasteiger partial charge in [0.05, 0.1) is 23.9 Å². The molecule has 1 aromatic heterocycles. The summed E-state index contributed by atoms with van der Waals surface area (Å²) in [5, 5.41) is 7.60. The van der Waals surface area contributed by atoms with Gasteiger partial charge in [-0.15, -0.1) is 0 Å². The Bertz CT molecular complexity index is 1200. The van der Waals surface area contributed by atoms with Gasteiger partial charge in [-0.05, 0) is 48.4 Å². The summed E-state index contributed by atoms with van der Waals surface area (Å²) in [7, 11) is 0. The summed E-state index contributed by atoms with van der Waals surface area (Å²) in [5.74, 6) is -1.67. The summed E-state index contributed by atoms with van der Waals surface area (Å²) in [4.78, 5) is 37.5. The van der Waals surface area contributed by atoms with E-state index < -0.39 is 23.7 Å². The van der Waals surface area contributed by atoms with E-state index in [1.807, 2.05) is 6.92 Å². The maximum absolute atomic E-state index is 15.3. The van der Waals surface area contributed by atoms with Crippen molar-refractivity contribution in [3.8, 4) is 0 Å². The second-order valence-electron chi connectivity index (χ2n) is 11.7. The van der Waals surface area contributed by atoms with Gasteiger partial charge in [0.25, 0.3) is 5.91 Å². The predicted molar refractivity (Wildman–Crippen MR) is 155 cm³/mol. The van der Waals surface area contributed by atoms with Gasteiger partial charge in [-0.2, -0.15) is 5.10 Å². The third kappa shape index (κ3) is 7.45. The Morgan fingerprint density at radius 1 is 1.02 bits per heavy atom. The minimum Gasteiger partial charge on any atom is -0.449 e. The van der Waals surface area contributed by atoms with Crippen molar-refractivity contribution < 1.29 is 23.5 Å².